The average Bonchev–Trinajstić information content (AvgIpc) is 0.959. The van der Waals surface area contributed by atoms with Crippen LogP contribution in [0.1, 0.15) is 290 Å². The van der Waals surface area contributed by atoms with E-state index in [0.29, 0.717) is 12.8 Å². The van der Waals surface area contributed by atoms with Crippen LogP contribution >= 0.6 is 0 Å². The van der Waals surface area contributed by atoms with E-state index >= 15 is 0 Å². The quantitative estimate of drug-likeness (QED) is 0.0199. The third-order valence-electron chi connectivity index (χ3n) is 18.3. The van der Waals surface area contributed by atoms with Crippen molar-refractivity contribution >= 4 is 5.91 Å². The Morgan fingerprint density at radius 2 is 0.705 bits per heavy atom. The number of nitrogens with one attached hydrogen (secondary N) is 1. The highest BCUT2D eigenvalue weighted by Crippen LogP contribution is 2.33. The molecule has 19 nitrogen and oxygen atoms in total. The summed E-state index contributed by atoms with van der Waals surface area (Å²) in [5, 5.41) is 119. The van der Waals surface area contributed by atoms with E-state index in [1.807, 2.05) is 13.0 Å². The maximum Gasteiger partial charge on any atom is 0.220 e. The lowest BCUT2D eigenvalue weighted by Crippen LogP contribution is -2.66. The van der Waals surface area contributed by atoms with Crippen LogP contribution in [-0.4, -0.2) is 193 Å². The Bertz CT molecular complexity index is 1650. The predicted molar refractivity (Wildman–Crippen MR) is 342 cm³/mol. The molecule has 0 radical (unpaired) electrons. The van der Waals surface area contributed by atoms with Crippen LogP contribution in [-0.2, 0) is 33.2 Å². The van der Waals surface area contributed by atoms with Crippen molar-refractivity contribution in [1.29, 1.82) is 0 Å². The summed E-state index contributed by atoms with van der Waals surface area (Å²) in [5.74, 6) is -0.279. The highest BCUT2D eigenvalue weighted by molar-refractivity contribution is 5.76. The molecule has 12 N–H and O–H groups in total. The number of aliphatic hydroxyl groups is 11. The second kappa shape index (κ2) is 51.9. The Morgan fingerprint density at radius 3 is 1.06 bits per heavy atom. The number of amides is 1. The van der Waals surface area contributed by atoms with Gasteiger partial charge in [0.15, 0.2) is 18.9 Å². The Hall–Kier alpha value is -1.47. The minimum atomic E-state index is -1.97. The Morgan fingerprint density at radius 1 is 0.398 bits per heavy atom. The smallest absolute Gasteiger partial charge is 0.220 e. The van der Waals surface area contributed by atoms with E-state index in [2.05, 4.69) is 12.2 Å². The normalized spacial score (nSPS) is 28.4. The van der Waals surface area contributed by atoms with Crippen molar-refractivity contribution in [2.24, 2.45) is 0 Å². The van der Waals surface area contributed by atoms with Gasteiger partial charge in [-0.3, -0.25) is 4.79 Å². The van der Waals surface area contributed by atoms with E-state index in [0.717, 1.165) is 32.1 Å². The number of rotatable bonds is 56. The Kier molecular flexibility index (Phi) is 47.6. The van der Waals surface area contributed by atoms with Crippen molar-refractivity contribution in [1.82, 2.24) is 5.32 Å². The van der Waals surface area contributed by atoms with Crippen molar-refractivity contribution in [2.75, 3.05) is 26.4 Å². The predicted octanol–water partition coefficient (Wildman–Crippen LogP) is 9.67. The molecular formula is C69H131NO18. The second-order valence-electron chi connectivity index (χ2n) is 26.1. The second-order valence-corrected chi connectivity index (χ2v) is 26.1. The van der Waals surface area contributed by atoms with Crippen LogP contribution in [0, 0.1) is 0 Å². The molecule has 3 aliphatic heterocycles. The molecular weight excluding hydrogens is 1130 g/mol. The van der Waals surface area contributed by atoms with E-state index in [1.165, 1.54) is 225 Å². The maximum atomic E-state index is 13.2. The number of allylic oxidation sites excluding steroid dienone is 1. The van der Waals surface area contributed by atoms with Crippen molar-refractivity contribution in [3.8, 4) is 0 Å². The molecule has 0 aromatic rings. The fraction of sp³-hybridized carbons (Fsp3) is 0.957. The number of hydrogen-bond acceptors (Lipinski definition) is 18. The molecule has 0 bridgehead atoms. The van der Waals surface area contributed by atoms with Gasteiger partial charge in [0.2, 0.25) is 5.91 Å². The van der Waals surface area contributed by atoms with Crippen molar-refractivity contribution in [3.63, 3.8) is 0 Å². The largest absolute Gasteiger partial charge is 0.394 e. The summed E-state index contributed by atoms with van der Waals surface area (Å²) in [4.78, 5) is 13.2. The molecule has 1 amide bonds. The molecule has 3 rings (SSSR count). The molecule has 19 heteroatoms. The van der Waals surface area contributed by atoms with Crippen molar-refractivity contribution < 1.29 is 89.4 Å². The van der Waals surface area contributed by atoms with Crippen LogP contribution in [0.2, 0.25) is 0 Å². The monoisotopic (exact) mass is 1260 g/mol. The lowest BCUT2D eigenvalue weighted by molar-refractivity contribution is -0.379. The van der Waals surface area contributed by atoms with Crippen molar-refractivity contribution in [3.05, 3.63) is 12.2 Å². The van der Waals surface area contributed by atoms with Gasteiger partial charge < -0.3 is 89.9 Å². The molecule has 0 aliphatic carbocycles. The first-order valence-corrected chi connectivity index (χ1v) is 35.9. The molecule has 3 heterocycles. The van der Waals surface area contributed by atoms with Crippen molar-refractivity contribution in [2.45, 2.75) is 394 Å². The number of carbonyl (C=O) groups excluding carboxylic acids is 1. The van der Waals surface area contributed by atoms with Gasteiger partial charge in [-0.25, -0.2) is 0 Å². The van der Waals surface area contributed by atoms with Crippen LogP contribution in [0.15, 0.2) is 12.2 Å². The van der Waals surface area contributed by atoms with Gasteiger partial charge in [-0.05, 0) is 12.8 Å². The molecule has 17 unspecified atom stereocenters. The van der Waals surface area contributed by atoms with Crippen LogP contribution in [0.4, 0.5) is 0 Å². The summed E-state index contributed by atoms with van der Waals surface area (Å²) in [6.45, 7) is 1.58. The minimum Gasteiger partial charge on any atom is -0.394 e. The lowest BCUT2D eigenvalue weighted by atomic mass is 9.96. The van der Waals surface area contributed by atoms with E-state index in [9.17, 15) is 61.0 Å². The molecule has 88 heavy (non-hydrogen) atoms. The fourth-order valence-electron chi connectivity index (χ4n) is 12.5. The van der Waals surface area contributed by atoms with E-state index in [1.54, 1.807) is 6.08 Å². The van der Waals surface area contributed by atoms with Gasteiger partial charge in [0.05, 0.1) is 38.6 Å². The Labute approximate surface area is 531 Å². The van der Waals surface area contributed by atoms with Crippen LogP contribution in [0.25, 0.3) is 0 Å². The molecule has 0 spiro atoms. The van der Waals surface area contributed by atoms with Gasteiger partial charge in [-0.15, -0.1) is 0 Å². The number of hydrogen-bond donors (Lipinski definition) is 12. The zero-order valence-corrected chi connectivity index (χ0v) is 55.0. The number of ether oxygens (including phenoxy) is 6. The summed E-state index contributed by atoms with van der Waals surface area (Å²) < 4.78 is 34.1. The van der Waals surface area contributed by atoms with Gasteiger partial charge in [-0.1, -0.05) is 283 Å². The first-order valence-electron chi connectivity index (χ1n) is 35.9. The maximum absolute atomic E-state index is 13.2. The first kappa shape index (κ1) is 80.8. The van der Waals surface area contributed by atoms with E-state index < -0.39 is 124 Å². The van der Waals surface area contributed by atoms with Gasteiger partial charge in [0.1, 0.15) is 73.2 Å². The zero-order valence-electron chi connectivity index (χ0n) is 55.0. The van der Waals surface area contributed by atoms with Crippen LogP contribution in [0.3, 0.4) is 0 Å². The van der Waals surface area contributed by atoms with E-state index in [4.69, 9.17) is 28.4 Å². The number of aliphatic hydroxyl groups excluding tert-OH is 11. The first-order chi connectivity index (χ1) is 42.8. The summed E-state index contributed by atoms with van der Waals surface area (Å²) >= 11 is 0. The van der Waals surface area contributed by atoms with Gasteiger partial charge in [-0.2, -0.15) is 0 Å². The average molecular weight is 1260 g/mol. The molecule has 3 fully saturated rings. The molecule has 3 aliphatic rings. The number of unbranched alkanes of at least 4 members (excludes halogenated alkanes) is 40. The topological polar surface area (TPSA) is 307 Å². The SMILES string of the molecule is CCCC/C=C/C(O)C(COC1OC(CO)C(OC2OC(CO)C(OC3OC(CO)C(O)C(O)C3O)C(O)C2O)C(O)C1O)NC(=O)CCCCCCCCCCCCCCCCCCCCCCCCCCCCCCCCCCCCCCCCC. The highest BCUT2D eigenvalue weighted by Gasteiger charge is 2.53. The lowest BCUT2D eigenvalue weighted by Gasteiger charge is -2.48. The summed E-state index contributed by atoms with van der Waals surface area (Å²) in [7, 11) is 0. The molecule has 3 saturated heterocycles. The van der Waals surface area contributed by atoms with E-state index in [-0.39, 0.29) is 18.9 Å². The minimum absolute atomic E-state index is 0.247. The van der Waals surface area contributed by atoms with Gasteiger partial charge in [0.25, 0.3) is 0 Å². The third-order valence-corrected chi connectivity index (χ3v) is 18.3. The highest BCUT2D eigenvalue weighted by atomic mass is 16.8. The van der Waals surface area contributed by atoms with Crippen LogP contribution in [0.5, 0.6) is 0 Å². The Balaban J connectivity index is 1.19. The zero-order chi connectivity index (χ0) is 64.0. The molecule has 0 aromatic carbocycles. The van der Waals surface area contributed by atoms with Gasteiger partial charge in [0, 0.05) is 6.42 Å². The standard InChI is InChI=1S/C69H131NO18/c1-3-5-7-9-10-11-12-13-14-15-16-17-18-19-20-21-22-23-24-25-26-27-28-29-30-31-32-33-34-35-36-37-38-39-40-41-42-43-45-47-57(75)70-52(53(74)46-44-8-6-4-2)51-83-67-63(81)60(78)65(55(49-72)85-67)88-69-64(82)61(79)66(56(50-73)86-69)87-68-62(80)59(77)58(76)54(48-71)84-68/h44,46,52-56,58-69,71-74,76-82H,3-43,45,47-51H2,1-2H3,(H,70,75)/b46-44+. The molecule has 17 atom stereocenters. The fourth-order valence-corrected chi connectivity index (χ4v) is 12.5. The molecule has 0 aromatic heterocycles. The number of carbonyl (C=O) groups is 1. The van der Waals surface area contributed by atoms with Crippen LogP contribution < -0.4 is 5.32 Å². The summed E-state index contributed by atoms with van der Waals surface area (Å²) in [6.07, 6.45) is 32.3. The molecule has 520 valence electrons. The summed E-state index contributed by atoms with van der Waals surface area (Å²) in [5.41, 5.74) is 0. The molecule has 0 saturated carbocycles. The van der Waals surface area contributed by atoms with Gasteiger partial charge >= 0.3 is 0 Å². The third kappa shape index (κ3) is 33.6. The summed E-state index contributed by atoms with van der Waals surface area (Å²) in [6, 6.07) is -0.964.